The molecule has 0 fully saturated rings. The third-order valence-electron chi connectivity index (χ3n) is 4.09. The second-order valence-electron chi connectivity index (χ2n) is 6.08. The summed E-state index contributed by atoms with van der Waals surface area (Å²) < 4.78 is 0. The van der Waals surface area contributed by atoms with Crippen molar-refractivity contribution in [2.75, 3.05) is 11.9 Å². The number of nitrogens with zero attached hydrogens (tertiary/aromatic N) is 1. The van der Waals surface area contributed by atoms with Gasteiger partial charge in [0.05, 0.1) is 0 Å². The largest absolute Gasteiger partial charge is 0.344 e. The molecule has 4 heteroatoms. The van der Waals surface area contributed by atoms with Crippen LogP contribution in [0.5, 0.6) is 0 Å². The molecule has 0 amide bonds. The molecule has 3 aromatic rings. The lowest BCUT2D eigenvalue weighted by Crippen LogP contribution is -2.35. The van der Waals surface area contributed by atoms with E-state index in [9.17, 15) is 0 Å². The van der Waals surface area contributed by atoms with E-state index in [1.165, 1.54) is 5.56 Å². The molecule has 132 valence electrons. The lowest BCUT2D eigenvalue weighted by atomic mass is 10.1. The lowest BCUT2D eigenvalue weighted by Gasteiger charge is -2.26. The molecule has 0 radical (unpaired) electrons. The van der Waals surface area contributed by atoms with Crippen LogP contribution in [-0.2, 0) is 13.0 Å². The van der Waals surface area contributed by atoms with Crippen LogP contribution < -0.4 is 5.32 Å². The molecule has 0 saturated heterocycles. The van der Waals surface area contributed by atoms with Gasteiger partial charge in [-0.1, -0.05) is 72.3 Å². The standard InChI is InChI=1S/C22H21ClN2S/c23-20-11-7-10-19(16-20)17-25(15-14-18-8-3-1-4-9-18)22(26)24-21-12-5-2-6-13-21/h1-13,16H,14-15,17H2,(H,24,26). The summed E-state index contributed by atoms with van der Waals surface area (Å²) in [5, 5.41) is 4.80. The maximum Gasteiger partial charge on any atom is 0.173 e. The van der Waals surface area contributed by atoms with E-state index in [4.69, 9.17) is 23.8 Å². The van der Waals surface area contributed by atoms with Gasteiger partial charge in [0, 0.05) is 23.8 Å². The summed E-state index contributed by atoms with van der Waals surface area (Å²) in [6.45, 7) is 1.54. The fourth-order valence-corrected chi connectivity index (χ4v) is 3.23. The molecule has 0 unspecified atom stereocenters. The Hall–Kier alpha value is -2.36. The Kier molecular flexibility index (Phi) is 6.64. The molecule has 0 aliphatic rings. The molecular weight excluding hydrogens is 360 g/mol. The molecule has 26 heavy (non-hydrogen) atoms. The van der Waals surface area contributed by atoms with Crippen LogP contribution in [-0.4, -0.2) is 16.6 Å². The fourth-order valence-electron chi connectivity index (χ4n) is 2.74. The van der Waals surface area contributed by atoms with Gasteiger partial charge in [-0.05, 0) is 54.0 Å². The van der Waals surface area contributed by atoms with Gasteiger partial charge in [-0.25, -0.2) is 0 Å². The van der Waals surface area contributed by atoms with Gasteiger partial charge in [0.15, 0.2) is 5.11 Å². The van der Waals surface area contributed by atoms with Crippen LogP contribution in [0, 0.1) is 0 Å². The van der Waals surface area contributed by atoms with E-state index < -0.39 is 0 Å². The van der Waals surface area contributed by atoms with Crippen molar-refractivity contribution in [3.8, 4) is 0 Å². The number of nitrogens with one attached hydrogen (secondary N) is 1. The van der Waals surface area contributed by atoms with Gasteiger partial charge in [-0.2, -0.15) is 0 Å². The maximum absolute atomic E-state index is 6.14. The van der Waals surface area contributed by atoms with Crippen molar-refractivity contribution in [3.63, 3.8) is 0 Å². The highest BCUT2D eigenvalue weighted by Crippen LogP contribution is 2.15. The van der Waals surface area contributed by atoms with Crippen molar-refractivity contribution < 1.29 is 0 Å². The second-order valence-corrected chi connectivity index (χ2v) is 6.91. The second kappa shape index (κ2) is 9.37. The first-order valence-corrected chi connectivity index (χ1v) is 9.39. The molecule has 0 saturated carbocycles. The average molecular weight is 381 g/mol. The first kappa shape index (κ1) is 18.4. The number of para-hydroxylation sites is 1. The summed E-state index contributed by atoms with van der Waals surface area (Å²) in [6, 6.07) is 28.4. The Balaban J connectivity index is 1.72. The summed E-state index contributed by atoms with van der Waals surface area (Å²) in [6.07, 6.45) is 0.929. The molecule has 0 atom stereocenters. The number of hydrogen-bond donors (Lipinski definition) is 1. The van der Waals surface area contributed by atoms with Crippen molar-refractivity contribution in [1.29, 1.82) is 0 Å². The first-order valence-electron chi connectivity index (χ1n) is 8.60. The lowest BCUT2D eigenvalue weighted by molar-refractivity contribution is 0.423. The van der Waals surface area contributed by atoms with Crippen LogP contribution >= 0.6 is 23.8 Å². The predicted molar refractivity (Wildman–Crippen MR) is 115 cm³/mol. The molecule has 1 N–H and O–H groups in total. The molecule has 0 aliphatic carbocycles. The topological polar surface area (TPSA) is 15.3 Å². The Morgan fingerprint density at radius 1 is 0.846 bits per heavy atom. The molecule has 0 bridgehead atoms. The van der Waals surface area contributed by atoms with Gasteiger partial charge in [0.25, 0.3) is 0 Å². The van der Waals surface area contributed by atoms with Gasteiger partial charge in [-0.3, -0.25) is 0 Å². The molecular formula is C22H21ClN2S. The van der Waals surface area contributed by atoms with Crippen molar-refractivity contribution in [1.82, 2.24) is 4.90 Å². The summed E-state index contributed by atoms with van der Waals surface area (Å²) >= 11 is 11.8. The third-order valence-corrected chi connectivity index (χ3v) is 4.68. The number of halogens is 1. The number of benzene rings is 3. The third kappa shape index (κ3) is 5.58. The number of hydrogen-bond acceptors (Lipinski definition) is 1. The SMILES string of the molecule is S=C(Nc1ccccc1)N(CCc1ccccc1)Cc1cccc(Cl)c1. The van der Waals surface area contributed by atoms with E-state index >= 15 is 0 Å². The van der Waals surface area contributed by atoms with Crippen molar-refractivity contribution in [2.45, 2.75) is 13.0 Å². The van der Waals surface area contributed by atoms with Crippen LogP contribution in [0.25, 0.3) is 0 Å². The van der Waals surface area contributed by atoms with Crippen molar-refractivity contribution in [3.05, 3.63) is 101 Å². The van der Waals surface area contributed by atoms with E-state index in [0.29, 0.717) is 11.7 Å². The number of anilines is 1. The minimum Gasteiger partial charge on any atom is -0.344 e. The van der Waals surface area contributed by atoms with E-state index in [1.54, 1.807) is 0 Å². The zero-order chi connectivity index (χ0) is 18.2. The van der Waals surface area contributed by atoms with Crippen LogP contribution in [0.1, 0.15) is 11.1 Å². The number of rotatable bonds is 6. The van der Waals surface area contributed by atoms with Crippen LogP contribution in [0.15, 0.2) is 84.9 Å². The normalized spacial score (nSPS) is 10.3. The smallest absolute Gasteiger partial charge is 0.173 e. The minimum absolute atomic E-state index is 0.714. The quantitative estimate of drug-likeness (QED) is 0.545. The monoisotopic (exact) mass is 380 g/mol. The molecule has 0 spiro atoms. The van der Waals surface area contributed by atoms with Gasteiger partial charge >= 0.3 is 0 Å². The van der Waals surface area contributed by atoms with Crippen LogP contribution in [0.4, 0.5) is 5.69 Å². The first-order chi connectivity index (χ1) is 12.7. The Morgan fingerprint density at radius 3 is 2.19 bits per heavy atom. The number of thiocarbonyl (C=S) groups is 1. The predicted octanol–water partition coefficient (Wildman–Crippen LogP) is 5.78. The summed E-state index contributed by atoms with van der Waals surface area (Å²) in [5.41, 5.74) is 3.43. The Labute approximate surface area is 165 Å². The van der Waals surface area contributed by atoms with Gasteiger partial charge < -0.3 is 10.2 Å². The summed E-state index contributed by atoms with van der Waals surface area (Å²) in [4.78, 5) is 2.18. The highest BCUT2D eigenvalue weighted by Gasteiger charge is 2.11. The molecule has 0 heterocycles. The van der Waals surface area contributed by atoms with Gasteiger partial charge in [0.2, 0.25) is 0 Å². The van der Waals surface area contributed by atoms with Crippen molar-refractivity contribution in [2.24, 2.45) is 0 Å². The highest BCUT2D eigenvalue weighted by atomic mass is 35.5. The average Bonchev–Trinajstić information content (AvgIpc) is 2.67. The van der Waals surface area contributed by atoms with Gasteiger partial charge in [-0.15, -0.1) is 0 Å². The molecule has 3 aromatic carbocycles. The molecule has 0 aromatic heterocycles. The van der Waals surface area contributed by atoms with E-state index in [1.807, 2.05) is 54.6 Å². The van der Waals surface area contributed by atoms with Crippen LogP contribution in [0.3, 0.4) is 0 Å². The zero-order valence-electron chi connectivity index (χ0n) is 14.4. The summed E-state index contributed by atoms with van der Waals surface area (Å²) in [7, 11) is 0. The fraction of sp³-hybridized carbons (Fsp3) is 0.136. The summed E-state index contributed by atoms with van der Waals surface area (Å²) in [5.74, 6) is 0. The Morgan fingerprint density at radius 2 is 1.50 bits per heavy atom. The maximum atomic E-state index is 6.14. The minimum atomic E-state index is 0.714. The Bertz CT molecular complexity index is 837. The van der Waals surface area contributed by atoms with Crippen LogP contribution in [0.2, 0.25) is 5.02 Å². The zero-order valence-corrected chi connectivity index (χ0v) is 16.0. The molecule has 3 rings (SSSR count). The molecule has 2 nitrogen and oxygen atoms in total. The molecule has 0 aliphatic heterocycles. The van der Waals surface area contributed by atoms with Crippen molar-refractivity contribution >= 4 is 34.6 Å². The highest BCUT2D eigenvalue weighted by molar-refractivity contribution is 7.80. The van der Waals surface area contributed by atoms with E-state index in [0.717, 1.165) is 29.2 Å². The van der Waals surface area contributed by atoms with E-state index in [-0.39, 0.29) is 0 Å². The van der Waals surface area contributed by atoms with E-state index in [2.05, 4.69) is 40.5 Å². The van der Waals surface area contributed by atoms with Gasteiger partial charge in [0.1, 0.15) is 0 Å².